The molecule has 136 valence electrons. The summed E-state index contributed by atoms with van der Waals surface area (Å²) in [5, 5.41) is 12.2. The number of ether oxygens (including phenoxy) is 1. The maximum atomic E-state index is 8.78. The van der Waals surface area contributed by atoms with Crippen LogP contribution in [-0.2, 0) is 0 Å². The lowest BCUT2D eigenvalue weighted by atomic mass is 9.93. The van der Waals surface area contributed by atoms with Crippen LogP contribution in [0.5, 0.6) is 5.75 Å². The summed E-state index contributed by atoms with van der Waals surface area (Å²) in [7, 11) is 0. The topological polar surface area (TPSA) is 123 Å². The van der Waals surface area contributed by atoms with E-state index in [2.05, 4.69) is 25.3 Å². The molecule has 0 saturated heterocycles. The number of rotatable bonds is 4. The van der Waals surface area contributed by atoms with Gasteiger partial charge in [0.2, 0.25) is 0 Å². The number of hydrogen-bond acceptors (Lipinski definition) is 8. The Kier molecular flexibility index (Phi) is 4.66. The van der Waals surface area contributed by atoms with Crippen LogP contribution in [0.2, 0.25) is 0 Å². The fourth-order valence-corrected chi connectivity index (χ4v) is 3.33. The zero-order chi connectivity index (χ0) is 18.6. The highest BCUT2D eigenvalue weighted by Crippen LogP contribution is 2.30. The van der Waals surface area contributed by atoms with Gasteiger partial charge in [-0.3, -0.25) is 4.98 Å². The van der Waals surface area contributed by atoms with Crippen molar-refractivity contribution >= 4 is 22.5 Å². The molecular weight excluding hydrogens is 342 g/mol. The molecule has 27 heavy (non-hydrogen) atoms. The number of nitrogen functional groups attached to an aromatic ring is 1. The molecule has 3 N–H and O–H groups in total. The van der Waals surface area contributed by atoms with Gasteiger partial charge < -0.3 is 15.8 Å². The molecule has 0 radical (unpaired) electrons. The van der Waals surface area contributed by atoms with Gasteiger partial charge in [0.15, 0.2) is 5.69 Å². The normalized spacial score (nSPS) is 19.4. The van der Waals surface area contributed by atoms with Crippen LogP contribution in [0.25, 0.3) is 11.0 Å². The summed E-state index contributed by atoms with van der Waals surface area (Å²) < 4.78 is 6.20. The molecule has 8 nitrogen and oxygen atoms in total. The predicted molar refractivity (Wildman–Crippen MR) is 101 cm³/mol. The Hall–Kier alpha value is -3.47. The smallest absolute Gasteiger partial charge is 0.158 e. The van der Waals surface area contributed by atoms with Gasteiger partial charge in [-0.1, -0.05) is 0 Å². The van der Waals surface area contributed by atoms with Crippen molar-refractivity contribution in [1.82, 2.24) is 19.9 Å². The predicted octanol–water partition coefficient (Wildman–Crippen LogP) is 2.68. The molecule has 1 aliphatic carbocycles. The van der Waals surface area contributed by atoms with E-state index in [0.717, 1.165) is 36.7 Å². The van der Waals surface area contributed by atoms with Gasteiger partial charge in [-0.2, -0.15) is 5.26 Å². The van der Waals surface area contributed by atoms with Gasteiger partial charge in [-0.15, -0.1) is 0 Å². The van der Waals surface area contributed by atoms with Crippen molar-refractivity contribution in [2.75, 3.05) is 11.1 Å². The molecule has 0 unspecified atom stereocenters. The number of nitriles is 1. The Labute approximate surface area is 156 Å². The Balaban J connectivity index is 1.38. The monoisotopic (exact) mass is 361 g/mol. The van der Waals surface area contributed by atoms with Crippen LogP contribution in [0, 0.1) is 11.3 Å². The molecule has 0 atom stereocenters. The first-order chi connectivity index (χ1) is 13.2. The Morgan fingerprint density at radius 1 is 1.04 bits per heavy atom. The molecule has 2 aromatic heterocycles. The minimum Gasteiger partial charge on any atom is -0.488 e. The van der Waals surface area contributed by atoms with Crippen molar-refractivity contribution < 1.29 is 4.74 Å². The maximum absolute atomic E-state index is 8.78. The summed E-state index contributed by atoms with van der Waals surface area (Å²) in [5.41, 5.74) is 8.38. The number of benzene rings is 1. The lowest BCUT2D eigenvalue weighted by Crippen LogP contribution is -2.31. The zero-order valence-electron chi connectivity index (χ0n) is 14.7. The second-order valence-corrected chi connectivity index (χ2v) is 6.58. The number of nitrogens with zero attached hydrogens (tertiary/aromatic N) is 5. The molecule has 1 saturated carbocycles. The minimum absolute atomic E-state index is 0.113. The summed E-state index contributed by atoms with van der Waals surface area (Å²) >= 11 is 0. The van der Waals surface area contributed by atoms with E-state index in [1.165, 1.54) is 6.20 Å². The molecule has 0 bridgehead atoms. The van der Waals surface area contributed by atoms with Crippen molar-refractivity contribution in [3.8, 4) is 11.8 Å². The van der Waals surface area contributed by atoms with Gasteiger partial charge >= 0.3 is 0 Å². The van der Waals surface area contributed by atoms with Crippen molar-refractivity contribution in [1.29, 1.82) is 5.26 Å². The highest BCUT2D eigenvalue weighted by Gasteiger charge is 2.23. The molecule has 3 aromatic rings. The van der Waals surface area contributed by atoms with Gasteiger partial charge in [0.05, 0.1) is 24.0 Å². The fraction of sp³-hybridized carbons (Fsp3) is 0.316. The standard InChI is InChI=1S/C19H19N7O/c20-9-14-10-25-18(11-24-14)26-13-1-3-15(4-2-13)27-17-8-12(21)7-16-19(17)23-6-5-22-16/h5-8,10-11,13,15H,1-4,21H2,(H,25,26). The van der Waals surface area contributed by atoms with E-state index < -0.39 is 0 Å². The van der Waals surface area contributed by atoms with E-state index in [9.17, 15) is 0 Å². The Morgan fingerprint density at radius 2 is 1.85 bits per heavy atom. The fourth-order valence-electron chi connectivity index (χ4n) is 3.33. The highest BCUT2D eigenvalue weighted by atomic mass is 16.5. The molecule has 8 heteroatoms. The van der Waals surface area contributed by atoms with Crippen LogP contribution in [0.3, 0.4) is 0 Å². The number of anilines is 2. The summed E-state index contributed by atoms with van der Waals surface area (Å²) in [6, 6.07) is 5.89. The van der Waals surface area contributed by atoms with E-state index in [-0.39, 0.29) is 6.10 Å². The summed E-state index contributed by atoms with van der Waals surface area (Å²) in [6.45, 7) is 0. The third kappa shape index (κ3) is 3.87. The van der Waals surface area contributed by atoms with E-state index in [1.807, 2.05) is 12.1 Å². The van der Waals surface area contributed by atoms with Crippen LogP contribution in [0.4, 0.5) is 11.5 Å². The van der Waals surface area contributed by atoms with Gasteiger partial charge in [-0.05, 0) is 31.7 Å². The summed E-state index contributed by atoms with van der Waals surface area (Å²) in [5.74, 6) is 1.38. The number of aromatic nitrogens is 4. The van der Waals surface area contributed by atoms with Crippen molar-refractivity contribution in [2.24, 2.45) is 0 Å². The molecule has 1 aromatic carbocycles. The molecule has 1 aliphatic rings. The molecule has 1 fully saturated rings. The minimum atomic E-state index is 0.113. The molecule has 0 aliphatic heterocycles. The van der Waals surface area contributed by atoms with Crippen LogP contribution < -0.4 is 15.8 Å². The van der Waals surface area contributed by atoms with Gasteiger partial charge in [0, 0.05) is 30.2 Å². The second kappa shape index (κ2) is 7.41. The third-order valence-electron chi connectivity index (χ3n) is 4.65. The van der Waals surface area contributed by atoms with Crippen molar-refractivity contribution in [3.05, 3.63) is 42.6 Å². The highest BCUT2D eigenvalue weighted by molar-refractivity contribution is 5.84. The van der Waals surface area contributed by atoms with Gasteiger partial charge in [0.25, 0.3) is 0 Å². The van der Waals surface area contributed by atoms with E-state index in [4.69, 9.17) is 15.7 Å². The Bertz CT molecular complexity index is 976. The van der Waals surface area contributed by atoms with E-state index in [0.29, 0.717) is 29.0 Å². The Morgan fingerprint density at radius 3 is 2.59 bits per heavy atom. The molecule has 2 heterocycles. The zero-order valence-corrected chi connectivity index (χ0v) is 14.7. The van der Waals surface area contributed by atoms with Crippen LogP contribution >= 0.6 is 0 Å². The average molecular weight is 361 g/mol. The number of hydrogen-bond donors (Lipinski definition) is 2. The number of nitrogens with one attached hydrogen (secondary N) is 1. The first-order valence-corrected chi connectivity index (χ1v) is 8.87. The summed E-state index contributed by atoms with van der Waals surface area (Å²) in [4.78, 5) is 16.9. The maximum Gasteiger partial charge on any atom is 0.158 e. The number of fused-ring (bicyclic) bond motifs is 1. The molecule has 0 amide bonds. The van der Waals surface area contributed by atoms with Crippen LogP contribution in [0.1, 0.15) is 31.4 Å². The van der Waals surface area contributed by atoms with Gasteiger partial charge in [-0.25, -0.2) is 15.0 Å². The van der Waals surface area contributed by atoms with E-state index >= 15 is 0 Å². The first-order valence-electron chi connectivity index (χ1n) is 8.87. The molecule has 4 rings (SSSR count). The van der Waals surface area contributed by atoms with Crippen LogP contribution in [-0.4, -0.2) is 32.1 Å². The lowest BCUT2D eigenvalue weighted by molar-refractivity contribution is 0.152. The quantitative estimate of drug-likeness (QED) is 0.680. The van der Waals surface area contributed by atoms with Crippen molar-refractivity contribution in [2.45, 2.75) is 37.8 Å². The molecule has 0 spiro atoms. The third-order valence-corrected chi connectivity index (χ3v) is 4.65. The largest absolute Gasteiger partial charge is 0.488 e. The van der Waals surface area contributed by atoms with E-state index in [1.54, 1.807) is 24.7 Å². The van der Waals surface area contributed by atoms with Gasteiger partial charge in [0.1, 0.15) is 23.2 Å². The summed E-state index contributed by atoms with van der Waals surface area (Å²) in [6.07, 6.45) is 10.2. The van der Waals surface area contributed by atoms with Crippen LogP contribution in [0.15, 0.2) is 36.9 Å². The first kappa shape index (κ1) is 17.0. The second-order valence-electron chi connectivity index (χ2n) is 6.58. The lowest BCUT2D eigenvalue weighted by Gasteiger charge is -2.30. The number of nitrogens with two attached hydrogens (primary N) is 1. The van der Waals surface area contributed by atoms with Crippen molar-refractivity contribution in [3.63, 3.8) is 0 Å². The average Bonchev–Trinajstić information content (AvgIpc) is 2.70. The SMILES string of the molecule is N#Cc1cnc(NC2CCC(Oc3cc(N)cc4nccnc34)CC2)cn1. The molecular formula is C19H19N7O.